The van der Waals surface area contributed by atoms with Crippen LogP contribution in [0.4, 0.5) is 13.2 Å². The molecule has 0 aliphatic rings. The minimum absolute atomic E-state index is 0.203. The van der Waals surface area contributed by atoms with Gasteiger partial charge in [0.1, 0.15) is 16.8 Å². The Morgan fingerprint density at radius 1 is 1.29 bits per heavy atom. The Morgan fingerprint density at radius 3 is 2.18 bits per heavy atom. The highest BCUT2D eigenvalue weighted by molar-refractivity contribution is 6.30. The lowest BCUT2D eigenvalue weighted by atomic mass is 9.90. The van der Waals surface area contributed by atoms with Crippen LogP contribution in [0.2, 0.25) is 5.15 Å². The van der Waals surface area contributed by atoms with Gasteiger partial charge in [0, 0.05) is 11.1 Å². The Hall–Kier alpha value is -1.28. The van der Waals surface area contributed by atoms with Crippen LogP contribution in [0.5, 0.6) is 0 Å². The Labute approximate surface area is 102 Å². The average Bonchev–Trinajstić information content (AvgIpc) is 2.13. The third-order valence-electron chi connectivity index (χ3n) is 2.16. The van der Waals surface area contributed by atoms with Gasteiger partial charge >= 0.3 is 6.18 Å². The Morgan fingerprint density at radius 2 is 1.82 bits per heavy atom. The summed E-state index contributed by atoms with van der Waals surface area (Å²) in [5.41, 5.74) is -2.04. The molecule has 0 N–H and O–H groups in total. The van der Waals surface area contributed by atoms with Crippen molar-refractivity contribution in [1.29, 1.82) is 5.26 Å². The molecule has 1 aromatic rings. The fourth-order valence-corrected chi connectivity index (χ4v) is 1.46. The minimum atomic E-state index is -4.61. The number of hydrogen-bond acceptors (Lipinski definition) is 2. The largest absolute Gasteiger partial charge is 0.417 e. The second-order valence-electron chi connectivity index (χ2n) is 4.58. The Bertz CT molecular complexity index is 481. The van der Waals surface area contributed by atoms with Crippen LogP contribution in [0.25, 0.3) is 0 Å². The first-order chi connectivity index (χ1) is 7.57. The van der Waals surface area contributed by atoms with Gasteiger partial charge in [-0.2, -0.15) is 18.4 Å². The number of alkyl halides is 3. The molecule has 2 nitrogen and oxygen atoms in total. The smallest absolute Gasteiger partial charge is 0.239 e. The van der Waals surface area contributed by atoms with Gasteiger partial charge in [0.2, 0.25) is 0 Å². The first kappa shape index (κ1) is 13.8. The molecule has 6 heteroatoms. The van der Waals surface area contributed by atoms with Crippen molar-refractivity contribution >= 4 is 11.6 Å². The first-order valence-corrected chi connectivity index (χ1v) is 5.13. The van der Waals surface area contributed by atoms with Crippen molar-refractivity contribution in [3.8, 4) is 6.07 Å². The molecule has 0 saturated carbocycles. The Balaban J connectivity index is 3.58. The van der Waals surface area contributed by atoms with Crippen molar-refractivity contribution in [2.24, 2.45) is 0 Å². The van der Waals surface area contributed by atoms with Crippen LogP contribution >= 0.6 is 11.6 Å². The normalized spacial score (nSPS) is 12.4. The lowest BCUT2D eigenvalue weighted by Gasteiger charge is -2.20. The van der Waals surface area contributed by atoms with Gasteiger partial charge in [-0.1, -0.05) is 32.4 Å². The van der Waals surface area contributed by atoms with Gasteiger partial charge in [0.15, 0.2) is 0 Å². The number of nitrogens with zero attached hydrogens (tertiary/aromatic N) is 2. The van der Waals surface area contributed by atoms with Gasteiger partial charge in [-0.15, -0.1) is 0 Å². The van der Waals surface area contributed by atoms with E-state index in [1.54, 1.807) is 20.8 Å². The fourth-order valence-electron chi connectivity index (χ4n) is 1.23. The molecule has 0 atom stereocenters. The third kappa shape index (κ3) is 2.89. The van der Waals surface area contributed by atoms with Crippen LogP contribution < -0.4 is 0 Å². The minimum Gasteiger partial charge on any atom is -0.239 e. The fraction of sp³-hybridized carbons (Fsp3) is 0.455. The van der Waals surface area contributed by atoms with E-state index in [0.29, 0.717) is 0 Å². The SMILES string of the molecule is CC(C)(C)c1cc(C(F)(F)F)c(C#N)c(Cl)n1. The molecule has 0 amide bonds. The summed E-state index contributed by atoms with van der Waals surface area (Å²) in [5.74, 6) is 0. The van der Waals surface area contributed by atoms with Crippen molar-refractivity contribution in [3.63, 3.8) is 0 Å². The summed E-state index contributed by atoms with van der Waals surface area (Å²) in [4.78, 5) is 3.83. The summed E-state index contributed by atoms with van der Waals surface area (Å²) < 4.78 is 38.2. The molecule has 0 fully saturated rings. The maximum atomic E-state index is 12.7. The molecule has 17 heavy (non-hydrogen) atoms. The number of rotatable bonds is 0. The molecular formula is C11H10ClF3N2. The van der Waals surface area contributed by atoms with E-state index in [1.165, 1.54) is 6.07 Å². The van der Waals surface area contributed by atoms with Crippen LogP contribution in [0, 0.1) is 11.3 Å². The van der Waals surface area contributed by atoms with E-state index in [-0.39, 0.29) is 5.69 Å². The van der Waals surface area contributed by atoms with Crippen LogP contribution in [0.1, 0.15) is 37.6 Å². The molecule has 1 aromatic heterocycles. The van der Waals surface area contributed by atoms with Crippen molar-refractivity contribution in [2.75, 3.05) is 0 Å². The molecule has 0 aromatic carbocycles. The summed E-state index contributed by atoms with van der Waals surface area (Å²) in [6.07, 6.45) is -4.61. The van der Waals surface area contributed by atoms with Crippen molar-refractivity contribution in [3.05, 3.63) is 28.0 Å². The lowest BCUT2D eigenvalue weighted by molar-refractivity contribution is -0.137. The molecule has 0 bridgehead atoms. The number of halogens is 4. The van der Waals surface area contributed by atoms with E-state index >= 15 is 0 Å². The predicted molar refractivity (Wildman–Crippen MR) is 57.7 cm³/mol. The van der Waals surface area contributed by atoms with Crippen molar-refractivity contribution in [1.82, 2.24) is 4.98 Å². The highest BCUT2D eigenvalue weighted by atomic mass is 35.5. The molecule has 92 valence electrons. The van der Waals surface area contributed by atoms with Gasteiger partial charge in [-0.05, 0) is 6.07 Å². The van der Waals surface area contributed by atoms with E-state index < -0.39 is 27.9 Å². The number of nitriles is 1. The molecule has 0 saturated heterocycles. The standard InChI is InChI=1S/C11H10ClF3N2/c1-10(2,3)8-4-7(11(13,14)15)6(5-16)9(12)17-8/h4H,1-3H3. The molecule has 0 aliphatic carbocycles. The maximum Gasteiger partial charge on any atom is 0.417 e. The molecule has 1 heterocycles. The molecule has 0 unspecified atom stereocenters. The van der Waals surface area contributed by atoms with Crippen molar-refractivity contribution in [2.45, 2.75) is 32.4 Å². The first-order valence-electron chi connectivity index (χ1n) is 4.75. The molecule has 1 rings (SSSR count). The van der Waals surface area contributed by atoms with Crippen molar-refractivity contribution < 1.29 is 13.2 Å². The quantitative estimate of drug-likeness (QED) is 0.665. The zero-order chi connectivity index (χ0) is 13.4. The second-order valence-corrected chi connectivity index (χ2v) is 4.94. The Kier molecular flexibility index (Phi) is 3.40. The van der Waals surface area contributed by atoms with E-state index in [1.807, 2.05) is 0 Å². The van der Waals surface area contributed by atoms with E-state index in [0.717, 1.165) is 6.07 Å². The van der Waals surface area contributed by atoms with Gasteiger partial charge in [-0.25, -0.2) is 4.98 Å². The predicted octanol–water partition coefficient (Wildman–Crippen LogP) is 3.92. The van der Waals surface area contributed by atoms with E-state index in [9.17, 15) is 13.2 Å². The molecule has 0 radical (unpaired) electrons. The van der Waals surface area contributed by atoms with E-state index in [2.05, 4.69) is 4.98 Å². The average molecular weight is 263 g/mol. The second kappa shape index (κ2) is 4.19. The van der Waals surface area contributed by atoms with Crippen LogP contribution in [0.15, 0.2) is 6.07 Å². The summed E-state index contributed by atoms with van der Waals surface area (Å²) in [7, 11) is 0. The zero-order valence-corrected chi connectivity index (χ0v) is 10.2. The molecule has 0 spiro atoms. The lowest BCUT2D eigenvalue weighted by Crippen LogP contribution is -2.18. The summed E-state index contributed by atoms with van der Waals surface area (Å²) in [6, 6.07) is 2.31. The van der Waals surface area contributed by atoms with Gasteiger partial charge in [0.25, 0.3) is 0 Å². The summed E-state index contributed by atoms with van der Waals surface area (Å²) >= 11 is 5.61. The number of pyridine rings is 1. The third-order valence-corrected chi connectivity index (χ3v) is 2.43. The molecule has 0 aliphatic heterocycles. The number of aromatic nitrogens is 1. The highest BCUT2D eigenvalue weighted by Gasteiger charge is 2.36. The van der Waals surface area contributed by atoms with Gasteiger partial charge in [-0.3, -0.25) is 0 Å². The monoisotopic (exact) mass is 262 g/mol. The van der Waals surface area contributed by atoms with Crippen LogP contribution in [-0.2, 0) is 11.6 Å². The number of hydrogen-bond donors (Lipinski definition) is 0. The topological polar surface area (TPSA) is 36.7 Å². The zero-order valence-electron chi connectivity index (χ0n) is 9.48. The van der Waals surface area contributed by atoms with Crippen LogP contribution in [0.3, 0.4) is 0 Å². The highest BCUT2D eigenvalue weighted by Crippen LogP contribution is 2.36. The van der Waals surface area contributed by atoms with Gasteiger partial charge in [0.05, 0.1) is 5.56 Å². The molecular weight excluding hydrogens is 253 g/mol. The van der Waals surface area contributed by atoms with E-state index in [4.69, 9.17) is 16.9 Å². The summed E-state index contributed by atoms with van der Waals surface area (Å²) in [6.45, 7) is 5.16. The maximum absolute atomic E-state index is 12.7. The van der Waals surface area contributed by atoms with Gasteiger partial charge < -0.3 is 0 Å². The van der Waals surface area contributed by atoms with Crippen LogP contribution in [-0.4, -0.2) is 4.98 Å². The summed E-state index contributed by atoms with van der Waals surface area (Å²) in [5, 5.41) is 8.27.